The van der Waals surface area contributed by atoms with E-state index in [4.69, 9.17) is 14.9 Å². The Balaban J connectivity index is 1.25. The first-order valence-corrected chi connectivity index (χ1v) is 11.0. The summed E-state index contributed by atoms with van der Waals surface area (Å²) in [5, 5.41) is 3.23. The van der Waals surface area contributed by atoms with Gasteiger partial charge in [-0.25, -0.2) is 4.98 Å². The molecule has 2 saturated carbocycles. The van der Waals surface area contributed by atoms with Crippen LogP contribution < -0.4 is 11.1 Å². The Morgan fingerprint density at radius 3 is 2.83 bits per heavy atom. The Hall–Kier alpha value is -2.38. The van der Waals surface area contributed by atoms with Crippen LogP contribution in [0.5, 0.6) is 0 Å². The SMILES string of the molecule is Nc1ncccc1CN1C[C@H]2C[C@H](OCC3CC3)[C@@H](NC(=O)c3ccoc3)C[C@H]2C1. The van der Waals surface area contributed by atoms with Crippen molar-refractivity contribution in [3.05, 3.63) is 48.0 Å². The molecule has 0 aromatic carbocycles. The minimum absolute atomic E-state index is 0.0378. The number of rotatable bonds is 7. The Bertz CT molecular complexity index is 867. The van der Waals surface area contributed by atoms with E-state index in [0.29, 0.717) is 29.1 Å². The summed E-state index contributed by atoms with van der Waals surface area (Å²) in [7, 11) is 0. The smallest absolute Gasteiger partial charge is 0.254 e. The number of fused-ring (bicyclic) bond motifs is 1. The van der Waals surface area contributed by atoms with Crippen molar-refractivity contribution in [3.8, 4) is 0 Å². The van der Waals surface area contributed by atoms with Crippen molar-refractivity contribution < 1.29 is 13.9 Å². The van der Waals surface area contributed by atoms with Crippen molar-refractivity contribution in [1.82, 2.24) is 15.2 Å². The Morgan fingerprint density at radius 2 is 2.10 bits per heavy atom. The van der Waals surface area contributed by atoms with Crippen LogP contribution in [-0.4, -0.2) is 47.6 Å². The normalized spacial score (nSPS) is 28.9. The molecule has 7 heteroatoms. The maximum absolute atomic E-state index is 12.6. The van der Waals surface area contributed by atoms with Gasteiger partial charge in [-0.15, -0.1) is 0 Å². The predicted octanol–water partition coefficient (Wildman–Crippen LogP) is 2.69. The number of anilines is 1. The van der Waals surface area contributed by atoms with Gasteiger partial charge in [0.2, 0.25) is 0 Å². The molecule has 0 spiro atoms. The number of hydrogen-bond acceptors (Lipinski definition) is 6. The van der Waals surface area contributed by atoms with E-state index in [-0.39, 0.29) is 18.1 Å². The van der Waals surface area contributed by atoms with Crippen LogP contribution in [0.3, 0.4) is 0 Å². The van der Waals surface area contributed by atoms with E-state index < -0.39 is 0 Å². The second-order valence-electron chi connectivity index (χ2n) is 9.14. The topological polar surface area (TPSA) is 93.6 Å². The second kappa shape index (κ2) is 8.40. The molecule has 0 unspecified atom stereocenters. The molecular weight excluding hydrogens is 380 g/mol. The standard InChI is InChI=1S/C23H30N4O3/c24-22-16(2-1-6-25-22)10-27-11-18-8-20(26-23(28)17-5-7-29-14-17)21(9-19(18)12-27)30-13-15-3-4-15/h1-2,5-7,14-15,18-21H,3-4,8-13H2,(H2,24,25)(H,26,28)/t18-,19+,20-,21-/m0/s1. The largest absolute Gasteiger partial charge is 0.472 e. The summed E-state index contributed by atoms with van der Waals surface area (Å²) in [5.41, 5.74) is 7.70. The molecule has 2 aromatic rings. The molecule has 4 atom stereocenters. The van der Waals surface area contributed by atoms with Crippen LogP contribution in [0.25, 0.3) is 0 Å². The lowest BCUT2D eigenvalue weighted by molar-refractivity contribution is -0.0212. The highest BCUT2D eigenvalue weighted by Crippen LogP contribution is 2.39. The first kappa shape index (κ1) is 19.6. The molecule has 160 valence electrons. The van der Waals surface area contributed by atoms with Crippen LogP contribution in [0.1, 0.15) is 41.6 Å². The minimum atomic E-state index is -0.0785. The monoisotopic (exact) mass is 410 g/mol. The summed E-state index contributed by atoms with van der Waals surface area (Å²) >= 11 is 0. The van der Waals surface area contributed by atoms with Crippen LogP contribution in [0, 0.1) is 17.8 Å². The number of nitrogens with zero attached hydrogens (tertiary/aromatic N) is 2. The summed E-state index contributed by atoms with van der Waals surface area (Å²) in [5.74, 6) is 2.39. The predicted molar refractivity (Wildman–Crippen MR) is 113 cm³/mol. The van der Waals surface area contributed by atoms with E-state index in [1.165, 1.54) is 25.4 Å². The van der Waals surface area contributed by atoms with Gasteiger partial charge in [0.1, 0.15) is 12.1 Å². The van der Waals surface area contributed by atoms with E-state index >= 15 is 0 Å². The molecule has 5 rings (SSSR count). The van der Waals surface area contributed by atoms with Gasteiger partial charge in [-0.3, -0.25) is 9.69 Å². The van der Waals surface area contributed by atoms with Crippen molar-refractivity contribution in [2.24, 2.45) is 17.8 Å². The third kappa shape index (κ3) is 4.37. The lowest BCUT2D eigenvalue weighted by Crippen LogP contribution is -2.50. The van der Waals surface area contributed by atoms with E-state index in [9.17, 15) is 4.79 Å². The lowest BCUT2D eigenvalue weighted by Gasteiger charge is -2.38. The lowest BCUT2D eigenvalue weighted by atomic mass is 9.77. The minimum Gasteiger partial charge on any atom is -0.472 e. The fourth-order valence-electron chi connectivity index (χ4n) is 4.99. The van der Waals surface area contributed by atoms with E-state index in [2.05, 4.69) is 21.3 Å². The van der Waals surface area contributed by atoms with E-state index in [1.54, 1.807) is 12.3 Å². The average molecular weight is 411 g/mol. The zero-order chi connectivity index (χ0) is 20.5. The van der Waals surface area contributed by atoms with Crippen LogP contribution in [-0.2, 0) is 11.3 Å². The number of nitrogen functional groups attached to an aromatic ring is 1. The number of hydrogen-bond donors (Lipinski definition) is 2. The highest BCUT2D eigenvalue weighted by molar-refractivity contribution is 5.94. The summed E-state index contributed by atoms with van der Waals surface area (Å²) in [6.45, 7) is 3.71. The maximum Gasteiger partial charge on any atom is 0.254 e. The first-order chi connectivity index (χ1) is 14.7. The summed E-state index contributed by atoms with van der Waals surface area (Å²) in [4.78, 5) is 19.3. The number of nitrogens with two attached hydrogens (primary N) is 1. The highest BCUT2D eigenvalue weighted by Gasteiger charge is 2.43. The van der Waals surface area contributed by atoms with Crippen LogP contribution >= 0.6 is 0 Å². The van der Waals surface area contributed by atoms with Gasteiger partial charge < -0.3 is 20.2 Å². The number of nitrogens with one attached hydrogen (secondary N) is 1. The third-order valence-corrected chi connectivity index (χ3v) is 6.86. The molecule has 2 aromatic heterocycles. The molecule has 7 nitrogen and oxygen atoms in total. The maximum atomic E-state index is 12.6. The zero-order valence-electron chi connectivity index (χ0n) is 17.2. The highest BCUT2D eigenvalue weighted by atomic mass is 16.5. The Labute approximate surface area is 177 Å². The van der Waals surface area contributed by atoms with Gasteiger partial charge in [-0.05, 0) is 55.6 Å². The molecule has 30 heavy (non-hydrogen) atoms. The van der Waals surface area contributed by atoms with Gasteiger partial charge in [0.15, 0.2) is 0 Å². The van der Waals surface area contributed by atoms with Gasteiger partial charge in [-0.1, -0.05) is 6.07 Å². The van der Waals surface area contributed by atoms with Crippen LogP contribution in [0.2, 0.25) is 0 Å². The summed E-state index contributed by atoms with van der Waals surface area (Å²) in [6, 6.07) is 5.74. The quantitative estimate of drug-likeness (QED) is 0.729. The van der Waals surface area contributed by atoms with Crippen molar-refractivity contribution in [2.45, 2.75) is 44.4 Å². The molecule has 3 aliphatic rings. The molecule has 3 N–H and O–H groups in total. The average Bonchev–Trinajstić information content (AvgIpc) is 3.23. The molecule has 1 aliphatic heterocycles. The molecule has 1 saturated heterocycles. The number of furan rings is 1. The van der Waals surface area contributed by atoms with Crippen molar-refractivity contribution in [2.75, 3.05) is 25.4 Å². The number of carbonyl (C=O) groups excluding carboxylic acids is 1. The van der Waals surface area contributed by atoms with Gasteiger partial charge in [0.05, 0.1) is 24.0 Å². The number of ether oxygens (including phenoxy) is 1. The molecule has 3 heterocycles. The van der Waals surface area contributed by atoms with E-state index in [1.807, 2.05) is 6.07 Å². The number of pyridine rings is 1. The van der Waals surface area contributed by atoms with Crippen LogP contribution in [0.4, 0.5) is 5.82 Å². The number of likely N-dealkylation sites (tertiary alicyclic amines) is 1. The molecule has 0 radical (unpaired) electrons. The summed E-state index contributed by atoms with van der Waals surface area (Å²) < 4.78 is 11.4. The number of amides is 1. The number of aromatic nitrogens is 1. The fourth-order valence-corrected chi connectivity index (χ4v) is 4.99. The fraction of sp³-hybridized carbons (Fsp3) is 0.565. The third-order valence-electron chi connectivity index (χ3n) is 6.86. The van der Waals surface area contributed by atoms with Gasteiger partial charge >= 0.3 is 0 Å². The zero-order valence-corrected chi connectivity index (χ0v) is 17.2. The van der Waals surface area contributed by atoms with Crippen molar-refractivity contribution >= 4 is 11.7 Å². The van der Waals surface area contributed by atoms with Gasteiger partial charge in [-0.2, -0.15) is 0 Å². The molecule has 0 bridgehead atoms. The Morgan fingerprint density at radius 1 is 1.27 bits per heavy atom. The van der Waals surface area contributed by atoms with Gasteiger partial charge in [0.25, 0.3) is 5.91 Å². The molecule has 2 aliphatic carbocycles. The van der Waals surface area contributed by atoms with Gasteiger partial charge in [0, 0.05) is 38.0 Å². The molecule has 1 amide bonds. The Kier molecular flexibility index (Phi) is 5.48. The van der Waals surface area contributed by atoms with E-state index in [0.717, 1.165) is 44.6 Å². The van der Waals surface area contributed by atoms with Crippen molar-refractivity contribution in [1.29, 1.82) is 0 Å². The van der Waals surface area contributed by atoms with Crippen molar-refractivity contribution in [3.63, 3.8) is 0 Å². The number of carbonyl (C=O) groups is 1. The molecular formula is C23H30N4O3. The first-order valence-electron chi connectivity index (χ1n) is 11.0. The molecule has 3 fully saturated rings. The second-order valence-corrected chi connectivity index (χ2v) is 9.14. The summed E-state index contributed by atoms with van der Waals surface area (Å²) in [6.07, 6.45) is 9.32. The van der Waals surface area contributed by atoms with Crippen LogP contribution in [0.15, 0.2) is 41.3 Å².